The van der Waals surface area contributed by atoms with Gasteiger partial charge in [0.25, 0.3) is 5.24 Å². The molecular weight excluding hydrogens is 440 g/mol. The number of carbonyl (C=O) groups is 2. The predicted molar refractivity (Wildman–Crippen MR) is 127 cm³/mol. The molecule has 1 aliphatic heterocycles. The highest BCUT2D eigenvalue weighted by Gasteiger charge is 2.31. The van der Waals surface area contributed by atoms with E-state index in [9.17, 15) is 9.59 Å². The molecule has 1 unspecified atom stereocenters. The molecule has 170 valence electrons. The summed E-state index contributed by atoms with van der Waals surface area (Å²) in [6.07, 6.45) is 0.498. The molecule has 2 aromatic carbocycles. The van der Waals surface area contributed by atoms with E-state index in [1.807, 2.05) is 68.4 Å². The normalized spacial score (nSPS) is 16.1. The van der Waals surface area contributed by atoms with Gasteiger partial charge in [0.05, 0.1) is 5.25 Å². The van der Waals surface area contributed by atoms with Crippen LogP contribution in [0.15, 0.2) is 59.8 Å². The Bertz CT molecular complexity index is 1160. The van der Waals surface area contributed by atoms with Crippen LogP contribution in [0.25, 0.3) is 11.4 Å². The van der Waals surface area contributed by atoms with Crippen molar-refractivity contribution in [2.24, 2.45) is 5.16 Å². The number of carbonyl (C=O) groups excluding carboxylic acids is 2. The van der Waals surface area contributed by atoms with Gasteiger partial charge >= 0.3 is 0 Å². The standard InChI is InChI=1S/C24H24N4O4S/c1-15-21(26-22(25-15)18-6-4-3-5-7-18)16(2)28-32-13-12-31-19-10-8-17(9-11-19)14-20-23(29)27-24(30)33-20/h3-11,20H,12-14H2,1-2H3,(H,25,26)(H,27,29,30). The van der Waals surface area contributed by atoms with E-state index in [4.69, 9.17) is 9.57 Å². The summed E-state index contributed by atoms with van der Waals surface area (Å²) in [7, 11) is 0. The molecule has 1 fully saturated rings. The number of thioether (sulfide) groups is 1. The van der Waals surface area contributed by atoms with Gasteiger partial charge in [-0.3, -0.25) is 14.9 Å². The van der Waals surface area contributed by atoms with Crippen molar-refractivity contribution in [3.63, 3.8) is 0 Å². The van der Waals surface area contributed by atoms with Gasteiger partial charge in [-0.15, -0.1) is 0 Å². The molecule has 0 saturated carbocycles. The predicted octanol–water partition coefficient (Wildman–Crippen LogP) is 4.10. The second-order valence-electron chi connectivity index (χ2n) is 7.51. The van der Waals surface area contributed by atoms with E-state index in [1.54, 1.807) is 0 Å². The molecule has 3 aromatic rings. The summed E-state index contributed by atoms with van der Waals surface area (Å²) in [5.74, 6) is 1.25. The van der Waals surface area contributed by atoms with Crippen molar-refractivity contribution in [3.05, 3.63) is 71.5 Å². The number of oxime groups is 1. The average molecular weight is 465 g/mol. The number of hydrogen-bond donors (Lipinski definition) is 2. The van der Waals surface area contributed by atoms with Crippen LogP contribution in [-0.2, 0) is 16.1 Å². The minimum absolute atomic E-state index is 0.236. The summed E-state index contributed by atoms with van der Waals surface area (Å²) in [5, 5.41) is 5.80. The summed E-state index contributed by atoms with van der Waals surface area (Å²) in [5.41, 5.74) is 4.35. The number of benzene rings is 2. The fourth-order valence-electron chi connectivity index (χ4n) is 3.39. The Hall–Kier alpha value is -3.59. The first-order valence-electron chi connectivity index (χ1n) is 10.5. The largest absolute Gasteiger partial charge is 0.490 e. The van der Waals surface area contributed by atoms with Crippen LogP contribution < -0.4 is 10.1 Å². The molecule has 2 heterocycles. The number of rotatable bonds is 9. The lowest BCUT2D eigenvalue weighted by Gasteiger charge is -2.08. The van der Waals surface area contributed by atoms with Crippen LogP contribution in [0.1, 0.15) is 23.9 Å². The molecule has 0 spiro atoms. The van der Waals surface area contributed by atoms with Crippen molar-refractivity contribution >= 4 is 28.6 Å². The molecule has 1 atom stereocenters. The minimum Gasteiger partial charge on any atom is -0.490 e. The van der Waals surface area contributed by atoms with Crippen molar-refractivity contribution in [1.82, 2.24) is 15.3 Å². The van der Waals surface area contributed by atoms with E-state index in [2.05, 4.69) is 20.4 Å². The first kappa shape index (κ1) is 22.6. The van der Waals surface area contributed by atoms with Gasteiger partial charge in [-0.05, 0) is 38.0 Å². The smallest absolute Gasteiger partial charge is 0.286 e. The lowest BCUT2D eigenvalue weighted by molar-refractivity contribution is -0.118. The number of ether oxygens (including phenoxy) is 1. The lowest BCUT2D eigenvalue weighted by Crippen LogP contribution is -2.25. The number of aryl methyl sites for hydroxylation is 1. The topological polar surface area (TPSA) is 106 Å². The highest BCUT2D eigenvalue weighted by Crippen LogP contribution is 2.24. The van der Waals surface area contributed by atoms with E-state index >= 15 is 0 Å². The van der Waals surface area contributed by atoms with E-state index in [0.717, 1.165) is 40.1 Å². The molecule has 9 heteroatoms. The van der Waals surface area contributed by atoms with Gasteiger partial charge in [0, 0.05) is 11.3 Å². The van der Waals surface area contributed by atoms with Gasteiger partial charge in [-0.2, -0.15) is 0 Å². The summed E-state index contributed by atoms with van der Waals surface area (Å²) < 4.78 is 5.69. The summed E-state index contributed by atoms with van der Waals surface area (Å²) in [4.78, 5) is 36.3. The van der Waals surface area contributed by atoms with Crippen molar-refractivity contribution < 1.29 is 19.2 Å². The van der Waals surface area contributed by atoms with Gasteiger partial charge in [-0.1, -0.05) is 59.4 Å². The van der Waals surface area contributed by atoms with Crippen molar-refractivity contribution in [3.8, 4) is 17.1 Å². The van der Waals surface area contributed by atoms with Crippen LogP contribution >= 0.6 is 11.8 Å². The highest BCUT2D eigenvalue weighted by molar-refractivity contribution is 8.15. The van der Waals surface area contributed by atoms with Crippen LogP contribution in [0, 0.1) is 6.92 Å². The Kier molecular flexibility index (Phi) is 7.09. The molecule has 33 heavy (non-hydrogen) atoms. The van der Waals surface area contributed by atoms with Gasteiger partial charge in [0.15, 0.2) is 6.61 Å². The first-order valence-corrected chi connectivity index (χ1v) is 11.4. The van der Waals surface area contributed by atoms with Crippen molar-refractivity contribution in [2.45, 2.75) is 25.5 Å². The zero-order valence-corrected chi connectivity index (χ0v) is 19.1. The summed E-state index contributed by atoms with van der Waals surface area (Å²) in [6, 6.07) is 17.4. The third-order valence-corrected chi connectivity index (χ3v) is 6.01. The first-order chi connectivity index (χ1) is 16.0. The number of hydrogen-bond acceptors (Lipinski definition) is 7. The lowest BCUT2D eigenvalue weighted by atomic mass is 10.1. The minimum atomic E-state index is -0.374. The van der Waals surface area contributed by atoms with Crippen molar-refractivity contribution in [1.29, 1.82) is 0 Å². The molecule has 1 aromatic heterocycles. The number of imide groups is 1. The number of aromatic nitrogens is 2. The fraction of sp³-hybridized carbons (Fsp3) is 0.250. The zero-order chi connectivity index (χ0) is 23.2. The molecule has 0 bridgehead atoms. The Morgan fingerprint density at radius 1 is 1.09 bits per heavy atom. The third kappa shape index (κ3) is 5.81. The molecule has 1 aliphatic rings. The van der Waals surface area contributed by atoms with Crippen LogP contribution in [0.2, 0.25) is 0 Å². The quantitative estimate of drug-likeness (QED) is 0.281. The Morgan fingerprint density at radius 2 is 1.85 bits per heavy atom. The van der Waals surface area contributed by atoms with Gasteiger partial charge < -0.3 is 14.6 Å². The van der Waals surface area contributed by atoms with E-state index in [1.165, 1.54) is 0 Å². The van der Waals surface area contributed by atoms with Gasteiger partial charge in [0.2, 0.25) is 5.91 Å². The molecule has 1 saturated heterocycles. The third-order valence-electron chi connectivity index (χ3n) is 5.03. The second-order valence-corrected chi connectivity index (χ2v) is 8.69. The number of nitrogens with one attached hydrogen (secondary N) is 2. The van der Waals surface area contributed by atoms with Gasteiger partial charge in [-0.25, -0.2) is 4.98 Å². The molecule has 0 radical (unpaired) electrons. The molecule has 8 nitrogen and oxygen atoms in total. The van der Waals surface area contributed by atoms with Crippen LogP contribution in [0.5, 0.6) is 5.75 Å². The molecule has 2 amide bonds. The number of imidazole rings is 1. The number of amides is 2. The van der Waals surface area contributed by atoms with Gasteiger partial charge in [0.1, 0.15) is 29.6 Å². The van der Waals surface area contributed by atoms with E-state index < -0.39 is 0 Å². The molecular formula is C24H24N4O4S. The van der Waals surface area contributed by atoms with Crippen LogP contribution in [0.3, 0.4) is 0 Å². The number of aromatic amines is 1. The van der Waals surface area contributed by atoms with E-state index in [-0.39, 0.29) is 23.0 Å². The Morgan fingerprint density at radius 3 is 2.55 bits per heavy atom. The Balaban J connectivity index is 1.23. The maximum atomic E-state index is 11.7. The zero-order valence-electron chi connectivity index (χ0n) is 18.3. The number of nitrogens with zero attached hydrogens (tertiary/aromatic N) is 2. The second kappa shape index (κ2) is 10.4. The molecule has 2 N–H and O–H groups in total. The SMILES string of the molecule is CC(=NOCCOc1ccc(CC2SC(=O)NC2=O)cc1)c1nc(-c2ccccc2)[nH]c1C. The molecule has 4 rings (SSSR count). The maximum Gasteiger partial charge on any atom is 0.286 e. The van der Waals surface area contributed by atoms with Crippen LogP contribution in [-0.4, -0.2) is 45.3 Å². The summed E-state index contributed by atoms with van der Waals surface area (Å²) >= 11 is 1.03. The maximum absolute atomic E-state index is 11.7. The Labute approximate surface area is 195 Å². The van der Waals surface area contributed by atoms with E-state index in [0.29, 0.717) is 24.5 Å². The number of H-pyrrole nitrogens is 1. The monoisotopic (exact) mass is 464 g/mol. The average Bonchev–Trinajstić information content (AvgIpc) is 3.36. The van der Waals surface area contributed by atoms with Crippen LogP contribution in [0.4, 0.5) is 4.79 Å². The fourth-order valence-corrected chi connectivity index (χ4v) is 4.25. The van der Waals surface area contributed by atoms with Crippen molar-refractivity contribution in [2.75, 3.05) is 13.2 Å². The summed E-state index contributed by atoms with van der Waals surface area (Å²) in [6.45, 7) is 4.43. The molecule has 0 aliphatic carbocycles. The highest BCUT2D eigenvalue weighted by atomic mass is 32.2.